The number of anilines is 2. The Labute approximate surface area is 96.8 Å². The van der Waals surface area contributed by atoms with Crippen molar-refractivity contribution in [3.05, 3.63) is 24.3 Å². The van der Waals surface area contributed by atoms with Gasteiger partial charge in [0.25, 0.3) is 0 Å². The van der Waals surface area contributed by atoms with E-state index in [-0.39, 0.29) is 0 Å². The minimum absolute atomic E-state index is 0.850. The fraction of sp³-hybridized carbons (Fsp3) is 0.538. The molecule has 0 unspecified atom stereocenters. The van der Waals surface area contributed by atoms with Crippen LogP contribution in [0, 0.1) is 11.8 Å². The fourth-order valence-electron chi connectivity index (χ4n) is 3.12. The first-order chi connectivity index (χ1) is 7.72. The van der Waals surface area contributed by atoms with E-state index in [2.05, 4.69) is 29.0 Å². The quantitative estimate of drug-likeness (QED) is 0.719. The Morgan fingerprint density at radius 3 is 2.12 bits per heavy atom. The highest BCUT2D eigenvalue weighted by molar-refractivity contribution is 5.53. The van der Waals surface area contributed by atoms with Gasteiger partial charge in [-0.2, -0.15) is 0 Å². The largest absolute Gasteiger partial charge is 0.399 e. The van der Waals surface area contributed by atoms with Crippen LogP contribution in [0.1, 0.15) is 0 Å². The molecular weight excluding hydrogens is 198 g/mol. The highest BCUT2D eigenvalue weighted by Gasteiger charge is 2.38. The zero-order valence-electron chi connectivity index (χ0n) is 9.76. The molecule has 3 heteroatoms. The van der Waals surface area contributed by atoms with Crippen molar-refractivity contribution in [2.75, 3.05) is 43.9 Å². The SMILES string of the molecule is CN1C[C@H]2CN(c3ccc(N)cc3)C[C@@H]2C1. The maximum Gasteiger partial charge on any atom is 0.0367 e. The van der Waals surface area contributed by atoms with Gasteiger partial charge in [0.05, 0.1) is 0 Å². The van der Waals surface area contributed by atoms with Crippen molar-refractivity contribution in [1.29, 1.82) is 0 Å². The Hall–Kier alpha value is -1.22. The molecule has 0 spiro atoms. The molecule has 2 atom stereocenters. The average Bonchev–Trinajstić information content (AvgIpc) is 2.75. The molecule has 2 aliphatic rings. The first-order valence-electron chi connectivity index (χ1n) is 6.01. The topological polar surface area (TPSA) is 32.5 Å². The first-order valence-corrected chi connectivity index (χ1v) is 6.01. The maximum atomic E-state index is 5.71. The number of nitrogen functional groups attached to an aromatic ring is 1. The molecule has 0 bridgehead atoms. The molecule has 0 aliphatic carbocycles. The van der Waals surface area contributed by atoms with Crippen molar-refractivity contribution in [3.63, 3.8) is 0 Å². The molecule has 2 saturated heterocycles. The summed E-state index contributed by atoms with van der Waals surface area (Å²) in [6.45, 7) is 4.93. The average molecular weight is 217 g/mol. The summed E-state index contributed by atoms with van der Waals surface area (Å²) in [5.74, 6) is 1.73. The summed E-state index contributed by atoms with van der Waals surface area (Å²) >= 11 is 0. The molecule has 1 aromatic carbocycles. The molecule has 16 heavy (non-hydrogen) atoms. The molecule has 3 rings (SSSR count). The van der Waals surface area contributed by atoms with Gasteiger partial charge in [-0.3, -0.25) is 0 Å². The Bertz CT molecular complexity index is 359. The van der Waals surface area contributed by atoms with Gasteiger partial charge in [0.15, 0.2) is 0 Å². The molecular formula is C13H19N3. The van der Waals surface area contributed by atoms with E-state index in [4.69, 9.17) is 5.73 Å². The summed E-state index contributed by atoms with van der Waals surface area (Å²) in [5.41, 5.74) is 7.89. The summed E-state index contributed by atoms with van der Waals surface area (Å²) in [6.07, 6.45) is 0. The second kappa shape index (κ2) is 3.67. The number of hydrogen-bond acceptors (Lipinski definition) is 3. The van der Waals surface area contributed by atoms with E-state index >= 15 is 0 Å². The number of likely N-dealkylation sites (tertiary alicyclic amines) is 1. The second-order valence-electron chi connectivity index (χ2n) is 5.24. The van der Waals surface area contributed by atoms with Crippen molar-refractivity contribution in [2.24, 2.45) is 11.8 Å². The van der Waals surface area contributed by atoms with Crippen molar-refractivity contribution in [1.82, 2.24) is 4.90 Å². The van der Waals surface area contributed by atoms with Gasteiger partial charge in [0.2, 0.25) is 0 Å². The lowest BCUT2D eigenvalue weighted by Gasteiger charge is -2.21. The highest BCUT2D eigenvalue weighted by atomic mass is 15.2. The van der Waals surface area contributed by atoms with Gasteiger partial charge < -0.3 is 15.5 Å². The number of nitrogens with zero attached hydrogens (tertiary/aromatic N) is 2. The van der Waals surface area contributed by atoms with Crippen LogP contribution in [0.4, 0.5) is 11.4 Å². The third-order valence-corrected chi connectivity index (χ3v) is 3.93. The summed E-state index contributed by atoms with van der Waals surface area (Å²) in [4.78, 5) is 4.96. The Balaban J connectivity index is 1.73. The minimum atomic E-state index is 0.850. The smallest absolute Gasteiger partial charge is 0.0367 e. The van der Waals surface area contributed by atoms with Crippen LogP contribution < -0.4 is 10.6 Å². The number of benzene rings is 1. The lowest BCUT2D eigenvalue weighted by atomic mass is 10.0. The molecule has 2 aliphatic heterocycles. The van der Waals surface area contributed by atoms with Crippen LogP contribution in [0.2, 0.25) is 0 Å². The van der Waals surface area contributed by atoms with Gasteiger partial charge in [0, 0.05) is 37.6 Å². The molecule has 2 fully saturated rings. The zero-order valence-corrected chi connectivity index (χ0v) is 9.76. The summed E-state index contributed by atoms with van der Waals surface area (Å²) < 4.78 is 0. The Morgan fingerprint density at radius 2 is 1.56 bits per heavy atom. The van der Waals surface area contributed by atoms with Gasteiger partial charge in [0.1, 0.15) is 0 Å². The zero-order chi connectivity index (χ0) is 11.1. The Morgan fingerprint density at radius 1 is 1.00 bits per heavy atom. The molecule has 0 aromatic heterocycles. The summed E-state index contributed by atoms with van der Waals surface area (Å²) in [5, 5.41) is 0. The summed E-state index contributed by atoms with van der Waals surface area (Å²) in [6, 6.07) is 8.27. The van der Waals surface area contributed by atoms with Gasteiger partial charge in [-0.25, -0.2) is 0 Å². The van der Waals surface area contributed by atoms with Crippen molar-refractivity contribution < 1.29 is 0 Å². The van der Waals surface area contributed by atoms with Gasteiger partial charge in [-0.05, 0) is 43.1 Å². The van der Waals surface area contributed by atoms with Crippen molar-refractivity contribution in [3.8, 4) is 0 Å². The standard InChI is InChI=1S/C13H19N3/c1-15-6-10-8-16(9-11(10)7-15)13-4-2-12(14)3-5-13/h2-5,10-11H,6-9,14H2,1H3/t10-,11-/m0/s1. The molecule has 1 aromatic rings. The highest BCUT2D eigenvalue weighted by Crippen LogP contribution is 2.33. The van der Waals surface area contributed by atoms with Crippen LogP contribution in [-0.2, 0) is 0 Å². The van der Waals surface area contributed by atoms with Crippen molar-refractivity contribution >= 4 is 11.4 Å². The predicted octanol–water partition coefficient (Wildman–Crippen LogP) is 1.27. The third-order valence-electron chi connectivity index (χ3n) is 3.93. The van der Waals surface area contributed by atoms with E-state index in [1.807, 2.05) is 12.1 Å². The molecule has 86 valence electrons. The normalized spacial score (nSPS) is 29.7. The molecule has 2 heterocycles. The maximum absolute atomic E-state index is 5.71. The monoisotopic (exact) mass is 217 g/mol. The van der Waals surface area contributed by atoms with Crippen LogP contribution in [0.3, 0.4) is 0 Å². The van der Waals surface area contributed by atoms with E-state index in [0.29, 0.717) is 0 Å². The van der Waals surface area contributed by atoms with Crippen LogP contribution >= 0.6 is 0 Å². The van der Waals surface area contributed by atoms with Gasteiger partial charge in [-0.1, -0.05) is 0 Å². The first kappa shape index (κ1) is 9.97. The third kappa shape index (κ3) is 1.65. The van der Waals surface area contributed by atoms with E-state index in [0.717, 1.165) is 17.5 Å². The molecule has 0 amide bonds. The number of rotatable bonds is 1. The fourth-order valence-corrected chi connectivity index (χ4v) is 3.12. The van der Waals surface area contributed by atoms with Gasteiger partial charge >= 0.3 is 0 Å². The number of hydrogen-bond donors (Lipinski definition) is 1. The van der Waals surface area contributed by atoms with E-state index < -0.39 is 0 Å². The lowest BCUT2D eigenvalue weighted by Crippen LogP contribution is -2.26. The number of nitrogens with two attached hydrogens (primary N) is 1. The minimum Gasteiger partial charge on any atom is -0.399 e. The van der Waals surface area contributed by atoms with Crippen LogP contribution in [0.5, 0.6) is 0 Å². The van der Waals surface area contributed by atoms with Crippen molar-refractivity contribution in [2.45, 2.75) is 0 Å². The van der Waals surface area contributed by atoms with E-state index in [1.54, 1.807) is 0 Å². The molecule has 0 radical (unpaired) electrons. The number of fused-ring (bicyclic) bond motifs is 1. The lowest BCUT2D eigenvalue weighted by molar-refractivity contribution is 0.387. The molecule has 3 nitrogen and oxygen atoms in total. The summed E-state index contributed by atoms with van der Waals surface area (Å²) in [7, 11) is 2.23. The van der Waals surface area contributed by atoms with Crippen LogP contribution in [0.15, 0.2) is 24.3 Å². The second-order valence-corrected chi connectivity index (χ2v) is 5.24. The predicted molar refractivity (Wildman–Crippen MR) is 67.5 cm³/mol. The van der Waals surface area contributed by atoms with Gasteiger partial charge in [-0.15, -0.1) is 0 Å². The van der Waals surface area contributed by atoms with Crippen LogP contribution in [0.25, 0.3) is 0 Å². The van der Waals surface area contributed by atoms with E-state index in [9.17, 15) is 0 Å². The Kier molecular flexibility index (Phi) is 2.28. The van der Waals surface area contributed by atoms with Crippen LogP contribution in [-0.4, -0.2) is 38.1 Å². The molecule has 2 N–H and O–H groups in total. The van der Waals surface area contributed by atoms with E-state index in [1.165, 1.54) is 31.9 Å². The molecule has 0 saturated carbocycles.